The molecule has 30 heavy (non-hydrogen) atoms. The summed E-state index contributed by atoms with van der Waals surface area (Å²) in [5.41, 5.74) is 0.0554. The number of nitro benzene ring substituents is 1. The third-order valence-electron chi connectivity index (χ3n) is 4.25. The summed E-state index contributed by atoms with van der Waals surface area (Å²) in [5, 5.41) is 14.2. The third kappa shape index (κ3) is 4.83. The van der Waals surface area contributed by atoms with E-state index in [1.165, 1.54) is 40.6 Å². The van der Waals surface area contributed by atoms with Gasteiger partial charge in [0.05, 0.1) is 46.0 Å². The molecular weight excluding hydrogens is 396 g/mol. The van der Waals surface area contributed by atoms with Crippen molar-refractivity contribution in [3.05, 3.63) is 45.5 Å². The highest BCUT2D eigenvalue weighted by atomic mass is 16.6. The lowest BCUT2D eigenvalue weighted by Gasteiger charge is -2.15. The molecule has 1 N–H and O–H groups in total. The molecule has 0 atom stereocenters. The van der Waals surface area contributed by atoms with Crippen LogP contribution in [0.25, 0.3) is 0 Å². The van der Waals surface area contributed by atoms with Gasteiger partial charge >= 0.3 is 0 Å². The maximum absolute atomic E-state index is 12.7. The van der Waals surface area contributed by atoms with Crippen LogP contribution in [0.3, 0.4) is 0 Å². The highest BCUT2D eigenvalue weighted by molar-refractivity contribution is 5.99. The molecule has 0 unspecified atom stereocenters. The number of nitrogens with one attached hydrogen (secondary N) is 1. The van der Waals surface area contributed by atoms with Crippen LogP contribution in [0.1, 0.15) is 22.8 Å². The van der Waals surface area contributed by atoms with E-state index in [4.69, 9.17) is 23.7 Å². The number of carbonyl (C=O) groups is 1. The average molecular weight is 420 g/mol. The molecule has 10 heteroatoms. The molecule has 0 bridgehead atoms. The van der Waals surface area contributed by atoms with E-state index in [9.17, 15) is 14.9 Å². The SMILES string of the molecule is CCOc1cc([N+](=O)[O-])c(C(=O)NCc2cc(OC)c(OC)cc2OC)cc1OC. The first-order chi connectivity index (χ1) is 14.4. The fourth-order valence-electron chi connectivity index (χ4n) is 2.81. The van der Waals surface area contributed by atoms with Crippen LogP contribution in [0.5, 0.6) is 28.7 Å². The number of hydrogen-bond acceptors (Lipinski definition) is 8. The van der Waals surface area contributed by atoms with Crippen LogP contribution in [0, 0.1) is 10.1 Å². The summed E-state index contributed by atoms with van der Waals surface area (Å²) in [6, 6.07) is 5.74. The van der Waals surface area contributed by atoms with Crippen molar-refractivity contribution in [2.45, 2.75) is 13.5 Å². The molecule has 162 valence electrons. The van der Waals surface area contributed by atoms with Crippen LogP contribution >= 0.6 is 0 Å². The minimum atomic E-state index is -0.653. The molecule has 1 amide bonds. The molecule has 0 aliphatic rings. The summed E-state index contributed by atoms with van der Waals surface area (Å²) < 4.78 is 26.4. The molecule has 10 nitrogen and oxygen atoms in total. The number of rotatable bonds is 10. The molecule has 0 spiro atoms. The zero-order valence-electron chi connectivity index (χ0n) is 17.4. The van der Waals surface area contributed by atoms with Crippen LogP contribution in [-0.4, -0.2) is 45.9 Å². The van der Waals surface area contributed by atoms with E-state index in [-0.39, 0.29) is 30.2 Å². The van der Waals surface area contributed by atoms with Crippen molar-refractivity contribution in [3.8, 4) is 28.7 Å². The molecular formula is C20H24N2O8. The summed E-state index contributed by atoms with van der Waals surface area (Å²) in [5.74, 6) is 1.14. The lowest BCUT2D eigenvalue weighted by atomic mass is 10.1. The molecule has 0 saturated carbocycles. The minimum absolute atomic E-state index is 0.0367. The van der Waals surface area contributed by atoms with E-state index in [1.54, 1.807) is 19.1 Å². The molecule has 0 fully saturated rings. The Hall–Kier alpha value is -3.69. The number of nitrogens with zero attached hydrogens (tertiary/aromatic N) is 1. The fraction of sp³-hybridized carbons (Fsp3) is 0.350. The van der Waals surface area contributed by atoms with Gasteiger partial charge in [-0.2, -0.15) is 0 Å². The number of amides is 1. The highest BCUT2D eigenvalue weighted by Crippen LogP contribution is 2.36. The van der Waals surface area contributed by atoms with E-state index in [1.807, 2.05) is 0 Å². The van der Waals surface area contributed by atoms with Crippen molar-refractivity contribution in [3.63, 3.8) is 0 Å². The van der Waals surface area contributed by atoms with Gasteiger partial charge in [0.2, 0.25) is 0 Å². The van der Waals surface area contributed by atoms with Gasteiger partial charge in [-0.05, 0) is 13.0 Å². The van der Waals surface area contributed by atoms with Gasteiger partial charge < -0.3 is 29.0 Å². The summed E-state index contributed by atoms with van der Waals surface area (Å²) in [7, 11) is 5.86. The number of carbonyl (C=O) groups excluding carboxylic acids is 1. The Balaban J connectivity index is 2.35. The molecule has 0 heterocycles. The highest BCUT2D eigenvalue weighted by Gasteiger charge is 2.25. The number of methoxy groups -OCH3 is 4. The number of benzene rings is 2. The predicted molar refractivity (Wildman–Crippen MR) is 108 cm³/mol. The van der Waals surface area contributed by atoms with Crippen molar-refractivity contribution < 1.29 is 33.4 Å². The first-order valence-electron chi connectivity index (χ1n) is 8.96. The van der Waals surface area contributed by atoms with Crippen LogP contribution in [-0.2, 0) is 6.54 Å². The fourth-order valence-corrected chi connectivity index (χ4v) is 2.81. The summed E-state index contributed by atoms with van der Waals surface area (Å²) in [6.45, 7) is 2.07. The van der Waals surface area contributed by atoms with Gasteiger partial charge in [-0.3, -0.25) is 14.9 Å². The van der Waals surface area contributed by atoms with Gasteiger partial charge in [0.25, 0.3) is 11.6 Å². The van der Waals surface area contributed by atoms with E-state index in [0.717, 1.165) is 0 Å². The maximum Gasteiger partial charge on any atom is 0.286 e. The Morgan fingerprint density at radius 2 is 1.47 bits per heavy atom. The third-order valence-corrected chi connectivity index (χ3v) is 4.25. The molecule has 0 aromatic heterocycles. The Morgan fingerprint density at radius 3 is 2.00 bits per heavy atom. The Kier molecular flexibility index (Phi) is 7.68. The largest absolute Gasteiger partial charge is 0.496 e. The standard InChI is InChI=1S/C20H24N2O8/c1-6-30-19-9-14(22(24)25)13(8-17(19)28-4)20(23)21-11-12-7-16(27-3)18(29-5)10-15(12)26-2/h7-10H,6,11H2,1-5H3,(H,21,23). The van der Waals surface area contributed by atoms with Crippen molar-refractivity contribution in [1.82, 2.24) is 5.32 Å². The average Bonchev–Trinajstić information content (AvgIpc) is 2.76. The van der Waals surface area contributed by atoms with E-state index in [2.05, 4.69) is 5.32 Å². The quantitative estimate of drug-likeness (QED) is 0.460. The molecule has 2 aromatic carbocycles. The van der Waals surface area contributed by atoms with Crippen LogP contribution < -0.4 is 29.0 Å². The summed E-state index contributed by atoms with van der Waals surface area (Å²) in [4.78, 5) is 23.6. The maximum atomic E-state index is 12.7. The monoisotopic (exact) mass is 420 g/mol. The zero-order valence-corrected chi connectivity index (χ0v) is 17.4. The molecule has 0 aliphatic carbocycles. The Morgan fingerprint density at radius 1 is 0.900 bits per heavy atom. The van der Waals surface area contributed by atoms with Crippen molar-refractivity contribution in [2.75, 3.05) is 35.0 Å². The zero-order chi connectivity index (χ0) is 22.3. The van der Waals surface area contributed by atoms with E-state index in [0.29, 0.717) is 22.8 Å². The van der Waals surface area contributed by atoms with Crippen LogP contribution in [0.4, 0.5) is 5.69 Å². The van der Waals surface area contributed by atoms with Crippen molar-refractivity contribution in [1.29, 1.82) is 0 Å². The minimum Gasteiger partial charge on any atom is -0.496 e. The summed E-state index contributed by atoms with van der Waals surface area (Å²) >= 11 is 0. The van der Waals surface area contributed by atoms with Gasteiger partial charge in [-0.25, -0.2) is 0 Å². The van der Waals surface area contributed by atoms with E-state index >= 15 is 0 Å². The summed E-state index contributed by atoms with van der Waals surface area (Å²) in [6.07, 6.45) is 0. The molecule has 0 radical (unpaired) electrons. The van der Waals surface area contributed by atoms with Gasteiger partial charge in [0, 0.05) is 24.2 Å². The van der Waals surface area contributed by atoms with Crippen LogP contribution in [0.2, 0.25) is 0 Å². The number of hydrogen-bond donors (Lipinski definition) is 1. The molecule has 0 saturated heterocycles. The molecule has 2 rings (SSSR count). The molecule has 2 aromatic rings. The van der Waals surface area contributed by atoms with Crippen molar-refractivity contribution in [2.24, 2.45) is 0 Å². The second-order valence-electron chi connectivity index (χ2n) is 5.91. The van der Waals surface area contributed by atoms with E-state index < -0.39 is 16.5 Å². The lowest BCUT2D eigenvalue weighted by molar-refractivity contribution is -0.385. The Bertz CT molecular complexity index is 930. The second-order valence-corrected chi connectivity index (χ2v) is 5.91. The second kappa shape index (κ2) is 10.2. The van der Waals surface area contributed by atoms with Gasteiger partial charge in [-0.1, -0.05) is 0 Å². The lowest BCUT2D eigenvalue weighted by Crippen LogP contribution is -2.24. The first kappa shape index (κ1) is 22.6. The van der Waals surface area contributed by atoms with Crippen LogP contribution in [0.15, 0.2) is 24.3 Å². The number of ether oxygens (including phenoxy) is 5. The van der Waals surface area contributed by atoms with Gasteiger partial charge in [0.15, 0.2) is 23.0 Å². The molecule has 0 aliphatic heterocycles. The van der Waals surface area contributed by atoms with Crippen molar-refractivity contribution >= 4 is 11.6 Å². The van der Waals surface area contributed by atoms with Gasteiger partial charge in [-0.15, -0.1) is 0 Å². The predicted octanol–water partition coefficient (Wildman–Crippen LogP) is 2.96. The van der Waals surface area contributed by atoms with Gasteiger partial charge in [0.1, 0.15) is 11.3 Å². The Labute approximate surface area is 173 Å². The smallest absolute Gasteiger partial charge is 0.286 e. The number of nitro groups is 1. The topological polar surface area (TPSA) is 118 Å². The normalized spacial score (nSPS) is 10.2. The first-order valence-corrected chi connectivity index (χ1v) is 8.96.